The first-order chi connectivity index (χ1) is 9.70. The summed E-state index contributed by atoms with van der Waals surface area (Å²) in [4.78, 5) is 11.8. The second-order valence-corrected chi connectivity index (χ2v) is 4.99. The van der Waals surface area contributed by atoms with E-state index in [0.717, 1.165) is 18.5 Å². The van der Waals surface area contributed by atoms with Crippen molar-refractivity contribution in [2.75, 3.05) is 33.4 Å². The van der Waals surface area contributed by atoms with E-state index in [1.54, 1.807) is 6.07 Å². The summed E-state index contributed by atoms with van der Waals surface area (Å²) in [5, 5.41) is 6.39. The smallest absolute Gasteiger partial charge is 0.224 e. The molecule has 118 valence electrons. The first-order valence-electron chi connectivity index (χ1n) is 6.70. The summed E-state index contributed by atoms with van der Waals surface area (Å²) in [7, 11) is 1.89. The molecule has 1 aliphatic heterocycles. The first kappa shape index (κ1) is 17.9. The van der Waals surface area contributed by atoms with Gasteiger partial charge in [0.05, 0.1) is 11.4 Å². The monoisotopic (exact) mass is 334 g/mol. The largest absolute Gasteiger partial charge is 0.486 e. The van der Waals surface area contributed by atoms with E-state index in [9.17, 15) is 4.79 Å². The third-order valence-electron chi connectivity index (χ3n) is 2.95. The molecule has 0 saturated carbocycles. The average Bonchev–Trinajstić information content (AvgIpc) is 2.44. The molecule has 7 heteroatoms. The van der Waals surface area contributed by atoms with Crippen molar-refractivity contribution in [3.63, 3.8) is 0 Å². The molecule has 0 aromatic heterocycles. The van der Waals surface area contributed by atoms with Crippen molar-refractivity contribution in [1.82, 2.24) is 10.6 Å². The van der Waals surface area contributed by atoms with Crippen LogP contribution in [0, 0.1) is 0 Å². The standard InChI is InChI=1S/C14H19ClN2O3.ClH/c1-16-3-2-4-17-13(18)9-10-7-11(15)14-12(8-10)19-5-6-20-14;/h7-8,16H,2-6,9H2,1H3,(H,17,18);1H. The van der Waals surface area contributed by atoms with Gasteiger partial charge in [0.15, 0.2) is 11.5 Å². The van der Waals surface area contributed by atoms with Crippen molar-refractivity contribution in [3.05, 3.63) is 22.7 Å². The normalized spacial score (nSPS) is 12.5. The Balaban J connectivity index is 0.00000220. The number of benzene rings is 1. The van der Waals surface area contributed by atoms with Crippen molar-refractivity contribution >= 4 is 29.9 Å². The Morgan fingerprint density at radius 1 is 1.29 bits per heavy atom. The zero-order chi connectivity index (χ0) is 14.4. The molecule has 1 heterocycles. The van der Waals surface area contributed by atoms with Gasteiger partial charge < -0.3 is 20.1 Å². The predicted octanol–water partition coefficient (Wildman–Crippen LogP) is 1.80. The highest BCUT2D eigenvalue weighted by Crippen LogP contribution is 2.38. The number of hydrogen-bond donors (Lipinski definition) is 2. The summed E-state index contributed by atoms with van der Waals surface area (Å²) < 4.78 is 10.9. The van der Waals surface area contributed by atoms with Gasteiger partial charge in [-0.3, -0.25) is 4.79 Å². The SMILES string of the molecule is CNCCCNC(=O)Cc1cc(Cl)c2c(c1)OCCO2.Cl. The van der Waals surface area contributed by atoms with E-state index in [-0.39, 0.29) is 24.7 Å². The lowest BCUT2D eigenvalue weighted by Gasteiger charge is -2.20. The number of hydrogen-bond acceptors (Lipinski definition) is 4. The molecule has 0 unspecified atom stereocenters. The van der Waals surface area contributed by atoms with Gasteiger partial charge in [-0.2, -0.15) is 0 Å². The van der Waals surface area contributed by atoms with E-state index in [2.05, 4.69) is 10.6 Å². The molecule has 2 N–H and O–H groups in total. The highest BCUT2D eigenvalue weighted by atomic mass is 35.5. The summed E-state index contributed by atoms with van der Waals surface area (Å²) in [5.41, 5.74) is 0.824. The average molecular weight is 335 g/mol. The fourth-order valence-electron chi connectivity index (χ4n) is 2.01. The molecule has 0 aliphatic carbocycles. The minimum absolute atomic E-state index is 0. The lowest BCUT2D eigenvalue weighted by atomic mass is 10.1. The van der Waals surface area contributed by atoms with Crippen LogP contribution in [0.1, 0.15) is 12.0 Å². The molecule has 1 aromatic rings. The Kier molecular flexibility index (Phi) is 7.64. The molecule has 0 bridgehead atoms. The number of nitrogens with one attached hydrogen (secondary N) is 2. The van der Waals surface area contributed by atoms with E-state index in [1.807, 2.05) is 13.1 Å². The zero-order valence-electron chi connectivity index (χ0n) is 11.9. The van der Waals surface area contributed by atoms with Crippen molar-refractivity contribution in [3.8, 4) is 11.5 Å². The molecular formula is C14H20Cl2N2O3. The maximum atomic E-state index is 11.8. The van der Waals surface area contributed by atoms with Crippen LogP contribution in [0.5, 0.6) is 11.5 Å². The van der Waals surface area contributed by atoms with Crippen LogP contribution in [-0.4, -0.2) is 39.3 Å². The number of carbonyl (C=O) groups excluding carboxylic acids is 1. The topological polar surface area (TPSA) is 59.6 Å². The molecule has 1 aromatic carbocycles. The number of rotatable bonds is 6. The molecule has 1 amide bonds. The van der Waals surface area contributed by atoms with Crippen LogP contribution in [0.15, 0.2) is 12.1 Å². The Morgan fingerprint density at radius 2 is 2.05 bits per heavy atom. The van der Waals surface area contributed by atoms with Gasteiger partial charge in [-0.25, -0.2) is 0 Å². The molecule has 0 fully saturated rings. The van der Waals surface area contributed by atoms with Crippen LogP contribution in [0.2, 0.25) is 5.02 Å². The second-order valence-electron chi connectivity index (χ2n) is 4.59. The molecule has 21 heavy (non-hydrogen) atoms. The second kappa shape index (κ2) is 8.97. The molecule has 0 atom stereocenters. The molecule has 0 saturated heterocycles. The summed E-state index contributed by atoms with van der Waals surface area (Å²) in [6.45, 7) is 2.55. The summed E-state index contributed by atoms with van der Waals surface area (Å²) in [6, 6.07) is 3.57. The molecule has 5 nitrogen and oxygen atoms in total. The van der Waals surface area contributed by atoms with E-state index < -0.39 is 0 Å². The van der Waals surface area contributed by atoms with Crippen LogP contribution >= 0.6 is 24.0 Å². The van der Waals surface area contributed by atoms with Gasteiger partial charge >= 0.3 is 0 Å². The van der Waals surface area contributed by atoms with Crippen LogP contribution in [0.4, 0.5) is 0 Å². The zero-order valence-corrected chi connectivity index (χ0v) is 13.5. The third kappa shape index (κ3) is 5.26. The molecular weight excluding hydrogens is 315 g/mol. The maximum absolute atomic E-state index is 11.8. The first-order valence-corrected chi connectivity index (χ1v) is 7.08. The van der Waals surface area contributed by atoms with Gasteiger partial charge in [-0.1, -0.05) is 11.6 Å². The van der Waals surface area contributed by atoms with Gasteiger partial charge in [0, 0.05) is 6.54 Å². The Hall–Kier alpha value is -1.17. The minimum atomic E-state index is -0.0196. The molecule has 0 spiro atoms. The minimum Gasteiger partial charge on any atom is -0.486 e. The Morgan fingerprint density at radius 3 is 2.81 bits per heavy atom. The van der Waals surface area contributed by atoms with Gasteiger partial charge in [-0.05, 0) is 37.7 Å². The lowest BCUT2D eigenvalue weighted by Crippen LogP contribution is -2.28. The van der Waals surface area contributed by atoms with Gasteiger partial charge in [-0.15, -0.1) is 12.4 Å². The van der Waals surface area contributed by atoms with Crippen LogP contribution in [0.25, 0.3) is 0 Å². The van der Waals surface area contributed by atoms with Crippen molar-refractivity contribution < 1.29 is 14.3 Å². The van der Waals surface area contributed by atoms with Crippen molar-refractivity contribution in [2.45, 2.75) is 12.8 Å². The summed E-state index contributed by atoms with van der Waals surface area (Å²) in [5.74, 6) is 1.16. The summed E-state index contributed by atoms with van der Waals surface area (Å²) >= 11 is 6.13. The van der Waals surface area contributed by atoms with Gasteiger partial charge in [0.2, 0.25) is 5.91 Å². The highest BCUT2D eigenvalue weighted by Gasteiger charge is 2.17. The van der Waals surface area contributed by atoms with E-state index >= 15 is 0 Å². The Labute approximate surface area is 135 Å². The predicted molar refractivity (Wildman–Crippen MR) is 84.9 cm³/mol. The third-order valence-corrected chi connectivity index (χ3v) is 3.23. The van der Waals surface area contributed by atoms with Crippen LogP contribution < -0.4 is 20.1 Å². The quantitative estimate of drug-likeness (QED) is 0.779. The van der Waals surface area contributed by atoms with E-state index in [4.69, 9.17) is 21.1 Å². The van der Waals surface area contributed by atoms with E-state index in [1.165, 1.54) is 0 Å². The summed E-state index contributed by atoms with van der Waals surface area (Å²) in [6.07, 6.45) is 1.19. The van der Waals surface area contributed by atoms with E-state index in [0.29, 0.717) is 36.3 Å². The van der Waals surface area contributed by atoms with Crippen LogP contribution in [0.3, 0.4) is 0 Å². The van der Waals surface area contributed by atoms with Crippen molar-refractivity contribution in [2.24, 2.45) is 0 Å². The Bertz CT molecular complexity index is 484. The maximum Gasteiger partial charge on any atom is 0.224 e. The van der Waals surface area contributed by atoms with Gasteiger partial charge in [0.25, 0.3) is 0 Å². The number of ether oxygens (including phenoxy) is 2. The number of amides is 1. The highest BCUT2D eigenvalue weighted by molar-refractivity contribution is 6.32. The van der Waals surface area contributed by atoms with Crippen molar-refractivity contribution in [1.29, 1.82) is 0 Å². The fourth-order valence-corrected chi connectivity index (χ4v) is 2.30. The number of halogens is 2. The van der Waals surface area contributed by atoms with Crippen LogP contribution in [-0.2, 0) is 11.2 Å². The molecule has 0 radical (unpaired) electrons. The number of fused-ring (bicyclic) bond motifs is 1. The molecule has 1 aliphatic rings. The van der Waals surface area contributed by atoms with Gasteiger partial charge in [0.1, 0.15) is 13.2 Å². The molecule has 2 rings (SSSR count). The number of carbonyl (C=O) groups is 1. The fraction of sp³-hybridized carbons (Fsp3) is 0.500. The lowest BCUT2D eigenvalue weighted by molar-refractivity contribution is -0.120.